The van der Waals surface area contributed by atoms with Crippen LogP contribution in [0, 0.1) is 11.8 Å². The summed E-state index contributed by atoms with van der Waals surface area (Å²) < 4.78 is 38.3. The molecule has 3 N–H and O–H groups in total. The summed E-state index contributed by atoms with van der Waals surface area (Å²) in [7, 11) is 0. The minimum Gasteiger partial charge on any atom is -0.393 e. The van der Waals surface area contributed by atoms with E-state index in [0.29, 0.717) is 25.8 Å². The molecule has 0 heterocycles. The zero-order chi connectivity index (χ0) is 15.5. The van der Waals surface area contributed by atoms with Gasteiger partial charge in [-0.05, 0) is 44.4 Å². The van der Waals surface area contributed by atoms with Gasteiger partial charge in [-0.25, -0.2) is 0 Å². The molecule has 0 spiro atoms. The van der Waals surface area contributed by atoms with Crippen molar-refractivity contribution >= 4 is 0 Å². The highest BCUT2D eigenvalue weighted by atomic mass is 19.4. The van der Waals surface area contributed by atoms with E-state index in [2.05, 4.69) is 5.32 Å². The predicted molar refractivity (Wildman–Crippen MR) is 73.8 cm³/mol. The van der Waals surface area contributed by atoms with Gasteiger partial charge >= 0.3 is 6.18 Å². The molecule has 3 nitrogen and oxygen atoms in total. The Hall–Kier alpha value is -0.330. The van der Waals surface area contributed by atoms with E-state index in [1.54, 1.807) is 0 Å². The van der Waals surface area contributed by atoms with Gasteiger partial charge in [0, 0.05) is 12.6 Å². The number of nitrogens with one attached hydrogen (secondary N) is 1. The van der Waals surface area contributed by atoms with Crippen molar-refractivity contribution < 1.29 is 23.4 Å². The molecule has 0 aliphatic heterocycles. The van der Waals surface area contributed by atoms with Gasteiger partial charge in [0.05, 0.1) is 18.1 Å². The first kappa shape index (κ1) is 17.0. The predicted octanol–water partition coefficient (Wildman–Crippen LogP) is 2.61. The van der Waals surface area contributed by atoms with Crippen LogP contribution < -0.4 is 5.32 Å². The van der Waals surface area contributed by atoms with Gasteiger partial charge < -0.3 is 15.5 Å². The maximum Gasteiger partial charge on any atom is 0.391 e. The van der Waals surface area contributed by atoms with Gasteiger partial charge in [-0.3, -0.25) is 0 Å². The summed E-state index contributed by atoms with van der Waals surface area (Å²) in [5.74, 6) is -1.15. The van der Waals surface area contributed by atoms with E-state index in [9.17, 15) is 23.4 Å². The van der Waals surface area contributed by atoms with Crippen molar-refractivity contribution in [2.45, 2.75) is 75.8 Å². The van der Waals surface area contributed by atoms with Crippen LogP contribution in [-0.4, -0.2) is 41.2 Å². The summed E-state index contributed by atoms with van der Waals surface area (Å²) in [5, 5.41) is 22.9. The molecule has 0 saturated heterocycles. The van der Waals surface area contributed by atoms with Crippen molar-refractivity contribution in [3.63, 3.8) is 0 Å². The van der Waals surface area contributed by atoms with Crippen LogP contribution in [0.3, 0.4) is 0 Å². The smallest absolute Gasteiger partial charge is 0.391 e. The van der Waals surface area contributed by atoms with Crippen LogP contribution >= 0.6 is 0 Å². The maximum atomic E-state index is 12.8. The average molecular weight is 309 g/mol. The summed E-state index contributed by atoms with van der Waals surface area (Å²) >= 11 is 0. The molecular weight excluding hydrogens is 283 g/mol. The van der Waals surface area contributed by atoms with Crippen LogP contribution in [0.1, 0.15) is 51.4 Å². The summed E-state index contributed by atoms with van der Waals surface area (Å²) in [5.41, 5.74) is 0. The average Bonchev–Trinajstić information content (AvgIpc) is 2.56. The third-order valence-corrected chi connectivity index (χ3v) is 4.98. The van der Waals surface area contributed by atoms with Crippen molar-refractivity contribution in [2.75, 3.05) is 6.54 Å². The van der Waals surface area contributed by atoms with Crippen LogP contribution in [0.4, 0.5) is 13.2 Å². The Morgan fingerprint density at radius 1 is 0.952 bits per heavy atom. The summed E-state index contributed by atoms with van der Waals surface area (Å²) in [6.07, 6.45) is -0.574. The first-order chi connectivity index (χ1) is 9.86. The molecule has 5 atom stereocenters. The Morgan fingerprint density at radius 2 is 1.67 bits per heavy atom. The van der Waals surface area contributed by atoms with Gasteiger partial charge in [-0.2, -0.15) is 13.2 Å². The van der Waals surface area contributed by atoms with E-state index in [0.717, 1.165) is 19.3 Å². The summed E-state index contributed by atoms with van der Waals surface area (Å²) in [6.45, 7) is 0.545. The van der Waals surface area contributed by atoms with E-state index in [1.165, 1.54) is 0 Å². The van der Waals surface area contributed by atoms with Gasteiger partial charge in [-0.1, -0.05) is 12.8 Å². The first-order valence-electron chi connectivity index (χ1n) is 8.02. The molecule has 2 fully saturated rings. The van der Waals surface area contributed by atoms with E-state index in [-0.39, 0.29) is 24.8 Å². The zero-order valence-electron chi connectivity index (χ0n) is 12.3. The third-order valence-electron chi connectivity index (χ3n) is 4.98. The molecule has 2 rings (SSSR count). The van der Waals surface area contributed by atoms with Gasteiger partial charge in [-0.15, -0.1) is 0 Å². The zero-order valence-corrected chi connectivity index (χ0v) is 12.3. The Bertz CT molecular complexity index is 325. The Labute approximate surface area is 123 Å². The maximum absolute atomic E-state index is 12.8. The highest BCUT2D eigenvalue weighted by molar-refractivity contribution is 4.84. The van der Waals surface area contributed by atoms with Crippen molar-refractivity contribution in [3.05, 3.63) is 0 Å². The fourth-order valence-electron chi connectivity index (χ4n) is 3.63. The van der Waals surface area contributed by atoms with Crippen LogP contribution in [0.15, 0.2) is 0 Å². The van der Waals surface area contributed by atoms with E-state index < -0.39 is 24.3 Å². The number of hydrogen-bond donors (Lipinski definition) is 3. The first-order valence-corrected chi connectivity index (χ1v) is 8.02. The lowest BCUT2D eigenvalue weighted by Gasteiger charge is -2.32. The molecule has 124 valence electrons. The molecule has 0 bridgehead atoms. The van der Waals surface area contributed by atoms with E-state index >= 15 is 0 Å². The lowest BCUT2D eigenvalue weighted by molar-refractivity contribution is -0.183. The summed E-state index contributed by atoms with van der Waals surface area (Å²) in [4.78, 5) is 0. The lowest BCUT2D eigenvalue weighted by atomic mass is 9.85. The van der Waals surface area contributed by atoms with Gasteiger partial charge in [0.1, 0.15) is 0 Å². The lowest BCUT2D eigenvalue weighted by Crippen LogP contribution is -2.42. The molecular formula is C15H26F3NO2. The van der Waals surface area contributed by atoms with Crippen molar-refractivity contribution in [2.24, 2.45) is 11.8 Å². The normalized spacial score (nSPS) is 39.0. The highest BCUT2D eigenvalue weighted by Gasteiger charge is 2.42. The third kappa shape index (κ3) is 5.11. The Kier molecular flexibility index (Phi) is 5.91. The quantitative estimate of drug-likeness (QED) is 0.703. The largest absolute Gasteiger partial charge is 0.393 e. The second-order valence-corrected chi connectivity index (χ2v) is 6.66. The number of aliphatic hydroxyl groups is 2. The SMILES string of the molecule is OC1CCCC(CNC2CCCC(C(F)(F)F)C2)C(O)C1. The topological polar surface area (TPSA) is 52.5 Å². The van der Waals surface area contributed by atoms with E-state index in [1.807, 2.05) is 0 Å². The molecule has 2 saturated carbocycles. The standard InChI is InChI=1S/C15H26F3NO2/c16-15(17,18)11-4-2-5-12(7-11)19-9-10-3-1-6-13(20)8-14(10)21/h10-14,19-21H,1-9H2. The molecule has 0 aromatic rings. The molecule has 0 aromatic carbocycles. The fourth-order valence-corrected chi connectivity index (χ4v) is 3.63. The van der Waals surface area contributed by atoms with Gasteiger partial charge in [0.15, 0.2) is 0 Å². The number of halogens is 3. The van der Waals surface area contributed by atoms with Crippen LogP contribution in [0.2, 0.25) is 0 Å². The number of alkyl halides is 3. The van der Waals surface area contributed by atoms with Crippen molar-refractivity contribution in [3.8, 4) is 0 Å². The molecule has 0 aromatic heterocycles. The number of hydrogen-bond acceptors (Lipinski definition) is 3. The summed E-state index contributed by atoms with van der Waals surface area (Å²) in [6, 6.07) is -0.106. The van der Waals surface area contributed by atoms with Crippen molar-refractivity contribution in [1.82, 2.24) is 5.32 Å². The Morgan fingerprint density at radius 3 is 2.38 bits per heavy atom. The second-order valence-electron chi connectivity index (χ2n) is 6.66. The van der Waals surface area contributed by atoms with Gasteiger partial charge in [0.2, 0.25) is 0 Å². The monoisotopic (exact) mass is 309 g/mol. The van der Waals surface area contributed by atoms with Crippen LogP contribution in [-0.2, 0) is 0 Å². The van der Waals surface area contributed by atoms with Crippen LogP contribution in [0.25, 0.3) is 0 Å². The number of rotatable bonds is 3. The minimum atomic E-state index is -4.09. The second kappa shape index (κ2) is 7.29. The van der Waals surface area contributed by atoms with Crippen LogP contribution in [0.5, 0.6) is 0 Å². The fraction of sp³-hybridized carbons (Fsp3) is 1.00. The molecule has 5 unspecified atom stereocenters. The molecule has 2 aliphatic rings. The highest BCUT2D eigenvalue weighted by Crippen LogP contribution is 2.37. The molecule has 0 amide bonds. The van der Waals surface area contributed by atoms with Crippen molar-refractivity contribution in [1.29, 1.82) is 0 Å². The molecule has 21 heavy (non-hydrogen) atoms. The number of aliphatic hydroxyl groups excluding tert-OH is 2. The molecule has 2 aliphatic carbocycles. The molecule has 0 radical (unpaired) electrons. The Balaban J connectivity index is 1.79. The van der Waals surface area contributed by atoms with E-state index in [4.69, 9.17) is 0 Å². The molecule has 6 heteroatoms. The van der Waals surface area contributed by atoms with Gasteiger partial charge in [0.25, 0.3) is 0 Å². The minimum absolute atomic E-state index is 0.0356.